The van der Waals surface area contributed by atoms with Gasteiger partial charge in [-0.15, -0.1) is 0 Å². The molecule has 5 heteroatoms. The zero-order valence-electron chi connectivity index (χ0n) is 12.1. The molecule has 1 aromatic rings. The molecule has 1 aliphatic carbocycles. The highest BCUT2D eigenvalue weighted by Crippen LogP contribution is 2.32. The van der Waals surface area contributed by atoms with Crippen LogP contribution in [0.5, 0.6) is 5.75 Å². The van der Waals surface area contributed by atoms with Crippen LogP contribution in [0.4, 0.5) is 11.4 Å². The first kappa shape index (κ1) is 14.6. The van der Waals surface area contributed by atoms with Crippen molar-refractivity contribution in [3.8, 4) is 5.75 Å². The number of rotatable bonds is 5. The number of nitro benzene ring substituents is 1. The van der Waals surface area contributed by atoms with Gasteiger partial charge in [0.05, 0.1) is 12.0 Å². The van der Waals surface area contributed by atoms with Gasteiger partial charge in [0.2, 0.25) is 0 Å². The maximum Gasteiger partial charge on any atom is 0.312 e. The highest BCUT2D eigenvalue weighted by Gasteiger charge is 2.22. The second kappa shape index (κ2) is 6.59. The maximum absolute atomic E-state index is 11.0. The number of benzene rings is 1. The molecule has 20 heavy (non-hydrogen) atoms. The summed E-state index contributed by atoms with van der Waals surface area (Å²) in [7, 11) is 1.45. The summed E-state index contributed by atoms with van der Waals surface area (Å²) >= 11 is 0. The molecule has 0 aromatic heterocycles. The second-order valence-corrected chi connectivity index (χ2v) is 5.43. The summed E-state index contributed by atoms with van der Waals surface area (Å²) in [5, 5.41) is 14.5. The molecule has 1 fully saturated rings. The summed E-state index contributed by atoms with van der Waals surface area (Å²) in [6.45, 7) is 2.23. The van der Waals surface area contributed by atoms with Gasteiger partial charge in [0.25, 0.3) is 0 Å². The third kappa shape index (κ3) is 3.40. The fourth-order valence-electron chi connectivity index (χ4n) is 2.95. The van der Waals surface area contributed by atoms with Gasteiger partial charge in [-0.1, -0.05) is 26.2 Å². The Morgan fingerprint density at radius 1 is 1.45 bits per heavy atom. The van der Waals surface area contributed by atoms with Crippen LogP contribution in [0.15, 0.2) is 18.2 Å². The van der Waals surface area contributed by atoms with Gasteiger partial charge in [0.15, 0.2) is 5.75 Å². The molecule has 5 nitrogen and oxygen atoms in total. The number of nitrogens with one attached hydrogen (secondary N) is 1. The lowest BCUT2D eigenvalue weighted by Crippen LogP contribution is -2.27. The molecule has 0 amide bonds. The van der Waals surface area contributed by atoms with E-state index in [1.807, 2.05) is 6.07 Å². The Morgan fingerprint density at radius 2 is 2.25 bits per heavy atom. The maximum atomic E-state index is 11.0. The standard InChI is InChI=1S/C15H22N2O3/c1-3-11-5-4-6-12(9-11)16-13-7-8-15(20-2)14(10-13)17(18)19/h7-8,10-12,16H,3-6,9H2,1-2H3. The second-order valence-electron chi connectivity index (χ2n) is 5.43. The molecule has 0 bridgehead atoms. The van der Waals surface area contributed by atoms with Crippen molar-refractivity contribution < 1.29 is 9.66 Å². The molecule has 2 atom stereocenters. The van der Waals surface area contributed by atoms with Gasteiger partial charge in [-0.05, 0) is 30.9 Å². The largest absolute Gasteiger partial charge is 0.490 e. The molecule has 1 N–H and O–H groups in total. The van der Waals surface area contributed by atoms with E-state index in [4.69, 9.17) is 4.74 Å². The summed E-state index contributed by atoms with van der Waals surface area (Å²) in [5.74, 6) is 1.07. The highest BCUT2D eigenvalue weighted by molar-refractivity contribution is 5.58. The van der Waals surface area contributed by atoms with E-state index in [0.29, 0.717) is 11.8 Å². The number of nitro groups is 1. The predicted octanol–water partition coefficient (Wildman–Crippen LogP) is 3.98. The molecule has 0 aliphatic heterocycles. The summed E-state index contributed by atoms with van der Waals surface area (Å²) in [6.07, 6.45) is 6.03. The van der Waals surface area contributed by atoms with Gasteiger partial charge >= 0.3 is 5.69 Å². The van der Waals surface area contributed by atoms with E-state index in [1.165, 1.54) is 26.4 Å². The zero-order chi connectivity index (χ0) is 14.5. The van der Waals surface area contributed by atoms with Crippen LogP contribution in [0.1, 0.15) is 39.0 Å². The quantitative estimate of drug-likeness (QED) is 0.653. The zero-order valence-corrected chi connectivity index (χ0v) is 12.1. The minimum Gasteiger partial charge on any atom is -0.490 e. The lowest BCUT2D eigenvalue weighted by atomic mass is 9.84. The van der Waals surface area contributed by atoms with Crippen molar-refractivity contribution in [2.24, 2.45) is 5.92 Å². The van der Waals surface area contributed by atoms with E-state index >= 15 is 0 Å². The molecule has 0 saturated heterocycles. The molecule has 0 radical (unpaired) electrons. The molecule has 1 aromatic carbocycles. The average Bonchev–Trinajstić information content (AvgIpc) is 2.47. The van der Waals surface area contributed by atoms with E-state index < -0.39 is 4.92 Å². The molecule has 1 saturated carbocycles. The van der Waals surface area contributed by atoms with Gasteiger partial charge in [0.1, 0.15) is 0 Å². The fraction of sp³-hybridized carbons (Fsp3) is 0.600. The first-order valence-corrected chi connectivity index (χ1v) is 7.23. The summed E-state index contributed by atoms with van der Waals surface area (Å²) in [5.41, 5.74) is 0.819. The van der Waals surface area contributed by atoms with Crippen LogP contribution in [0, 0.1) is 16.0 Å². The first-order chi connectivity index (χ1) is 9.63. The molecule has 0 heterocycles. The van der Waals surface area contributed by atoms with Gasteiger partial charge in [-0.3, -0.25) is 10.1 Å². The van der Waals surface area contributed by atoms with Crippen molar-refractivity contribution in [3.63, 3.8) is 0 Å². The Hall–Kier alpha value is -1.78. The lowest BCUT2D eigenvalue weighted by Gasteiger charge is -2.29. The third-order valence-corrected chi connectivity index (χ3v) is 4.11. The summed E-state index contributed by atoms with van der Waals surface area (Å²) in [4.78, 5) is 10.6. The Kier molecular flexibility index (Phi) is 4.82. The topological polar surface area (TPSA) is 64.4 Å². The van der Waals surface area contributed by atoms with E-state index in [1.54, 1.807) is 12.1 Å². The molecule has 0 spiro atoms. The van der Waals surface area contributed by atoms with Crippen molar-refractivity contribution in [2.45, 2.75) is 45.1 Å². The number of ether oxygens (including phenoxy) is 1. The van der Waals surface area contributed by atoms with Crippen LogP contribution in [-0.4, -0.2) is 18.1 Å². The fourth-order valence-corrected chi connectivity index (χ4v) is 2.95. The minimum absolute atomic E-state index is 0.0142. The Bertz CT molecular complexity index is 476. The van der Waals surface area contributed by atoms with Gasteiger partial charge in [-0.25, -0.2) is 0 Å². The first-order valence-electron chi connectivity index (χ1n) is 7.23. The Morgan fingerprint density at radius 3 is 2.90 bits per heavy atom. The molecule has 1 aliphatic rings. The average molecular weight is 278 g/mol. The molecular formula is C15H22N2O3. The van der Waals surface area contributed by atoms with Gasteiger partial charge in [-0.2, -0.15) is 0 Å². The molecule has 2 rings (SSSR count). The van der Waals surface area contributed by atoms with E-state index in [0.717, 1.165) is 24.4 Å². The molecular weight excluding hydrogens is 256 g/mol. The number of hydrogen-bond donors (Lipinski definition) is 1. The van der Waals surface area contributed by atoms with Gasteiger partial charge < -0.3 is 10.1 Å². The van der Waals surface area contributed by atoms with Crippen molar-refractivity contribution >= 4 is 11.4 Å². The van der Waals surface area contributed by atoms with E-state index in [-0.39, 0.29) is 5.69 Å². The van der Waals surface area contributed by atoms with Crippen LogP contribution in [0.3, 0.4) is 0 Å². The van der Waals surface area contributed by atoms with Crippen molar-refractivity contribution in [1.82, 2.24) is 0 Å². The molecule has 110 valence electrons. The summed E-state index contributed by atoms with van der Waals surface area (Å²) < 4.78 is 5.02. The van der Waals surface area contributed by atoms with E-state index in [9.17, 15) is 10.1 Å². The summed E-state index contributed by atoms with van der Waals surface area (Å²) in [6, 6.07) is 5.48. The van der Waals surface area contributed by atoms with Crippen molar-refractivity contribution in [1.29, 1.82) is 0 Å². The predicted molar refractivity (Wildman–Crippen MR) is 79.3 cm³/mol. The third-order valence-electron chi connectivity index (χ3n) is 4.11. The van der Waals surface area contributed by atoms with Crippen LogP contribution in [0.25, 0.3) is 0 Å². The normalized spacial score (nSPS) is 22.3. The van der Waals surface area contributed by atoms with Crippen LogP contribution in [0.2, 0.25) is 0 Å². The van der Waals surface area contributed by atoms with Crippen LogP contribution >= 0.6 is 0 Å². The monoisotopic (exact) mass is 278 g/mol. The molecule has 2 unspecified atom stereocenters. The number of anilines is 1. The smallest absolute Gasteiger partial charge is 0.312 e. The van der Waals surface area contributed by atoms with Crippen LogP contribution < -0.4 is 10.1 Å². The number of nitrogens with zero attached hydrogens (tertiary/aromatic N) is 1. The number of methoxy groups -OCH3 is 1. The van der Waals surface area contributed by atoms with Crippen molar-refractivity contribution in [2.75, 3.05) is 12.4 Å². The van der Waals surface area contributed by atoms with E-state index in [2.05, 4.69) is 12.2 Å². The van der Waals surface area contributed by atoms with Crippen molar-refractivity contribution in [3.05, 3.63) is 28.3 Å². The van der Waals surface area contributed by atoms with Crippen LogP contribution in [-0.2, 0) is 0 Å². The Balaban J connectivity index is 2.09. The minimum atomic E-state index is -0.403. The Labute approximate surface area is 119 Å². The van der Waals surface area contributed by atoms with Gasteiger partial charge in [0, 0.05) is 17.8 Å². The SMILES string of the molecule is CCC1CCCC(Nc2ccc(OC)c([N+](=O)[O-])c2)C1. The highest BCUT2D eigenvalue weighted by atomic mass is 16.6. The lowest BCUT2D eigenvalue weighted by molar-refractivity contribution is -0.385. The number of hydrogen-bond acceptors (Lipinski definition) is 4.